The zero-order valence-electron chi connectivity index (χ0n) is 34.0. The summed E-state index contributed by atoms with van der Waals surface area (Å²) in [5, 5.41) is 10.3. The van der Waals surface area contributed by atoms with Crippen molar-refractivity contribution in [2.24, 2.45) is 17.8 Å². The highest BCUT2D eigenvalue weighted by molar-refractivity contribution is 7.91. The lowest BCUT2D eigenvalue weighted by Gasteiger charge is -2.33. The monoisotopic (exact) mass is 807 g/mol. The number of carbonyl (C=O) groups is 4. The summed E-state index contributed by atoms with van der Waals surface area (Å²) in [6, 6.07) is 3.13. The van der Waals surface area contributed by atoms with E-state index >= 15 is 0 Å². The van der Waals surface area contributed by atoms with E-state index in [4.69, 9.17) is 9.47 Å². The second-order valence-electron chi connectivity index (χ2n) is 18.2. The summed E-state index contributed by atoms with van der Waals surface area (Å²) in [4.78, 5) is 64.9. The van der Waals surface area contributed by atoms with E-state index < -0.39 is 73.7 Å². The number of fused-ring (bicyclic) bond motifs is 5. The third-order valence-electron chi connectivity index (χ3n) is 12.2. The standard InChI is InChI=1S/C41H57N7O8S/c1-24-10-8-9-11-26-22-41(26,37(51)46-57(53,54)40(6)15-16-40)44-34(49)31-21-27(23-48(31)36(50)32(25(2)20-24)43-38(52)45-39(3,4)5)56-35-29-12-13-30-33(28(29)14-17-42-35)55-19-18-47(30)7/h9,11-14,17,24-27,31-32H,8,10,15-16,18-23H2,1-7H3,(H,44,49)(H,46,51)(H2,43,45,52)/b11-9-/t24-,25+,26+,27+,31-,32-,41+/m0/s1. The van der Waals surface area contributed by atoms with Crippen LogP contribution in [0.4, 0.5) is 10.5 Å². The molecule has 0 unspecified atom stereocenters. The van der Waals surface area contributed by atoms with Crippen LogP contribution in [0.1, 0.15) is 86.5 Å². The molecule has 0 radical (unpaired) electrons. The number of urea groups is 1. The number of hydrogen-bond acceptors (Lipinski definition) is 10. The van der Waals surface area contributed by atoms with E-state index in [2.05, 4.69) is 37.5 Å². The molecule has 15 nitrogen and oxygen atoms in total. The van der Waals surface area contributed by atoms with Crippen LogP contribution in [0, 0.1) is 17.8 Å². The van der Waals surface area contributed by atoms with Crippen LogP contribution in [-0.4, -0.2) is 103 Å². The molecule has 4 heterocycles. The highest BCUT2D eigenvalue weighted by atomic mass is 32.2. The molecule has 0 spiro atoms. The Morgan fingerprint density at radius 2 is 1.84 bits per heavy atom. The predicted octanol–water partition coefficient (Wildman–Crippen LogP) is 3.76. The van der Waals surface area contributed by atoms with Gasteiger partial charge >= 0.3 is 6.03 Å². The van der Waals surface area contributed by atoms with Crippen LogP contribution in [0.15, 0.2) is 36.5 Å². The molecule has 7 atom stereocenters. The van der Waals surface area contributed by atoms with Gasteiger partial charge in [0.2, 0.25) is 27.7 Å². The van der Waals surface area contributed by atoms with Crippen LogP contribution in [0.2, 0.25) is 0 Å². The molecule has 3 fully saturated rings. The summed E-state index contributed by atoms with van der Waals surface area (Å²) in [5.74, 6) is -1.39. The number of pyridine rings is 1. The Labute approximate surface area is 335 Å². The molecular formula is C41H57N7O8S. The SMILES string of the molecule is C[C@H]1CC/C=C\[C@@H]2C[C@@]2(C(=O)NS(=O)(=O)C2(C)CC2)NC(=O)[C@@H]2C[C@@H](Oc3nccc4c5c(ccc34)N(C)CCO5)CN2C(=O)[C@@H](NC(=O)NC(C)(C)C)[C@H](C)C1. The lowest BCUT2D eigenvalue weighted by Crippen LogP contribution is -2.60. The van der Waals surface area contributed by atoms with Crippen molar-refractivity contribution in [3.63, 3.8) is 0 Å². The Morgan fingerprint density at radius 1 is 1.09 bits per heavy atom. The normalized spacial score (nSPS) is 30.6. The predicted molar refractivity (Wildman–Crippen MR) is 215 cm³/mol. The molecule has 310 valence electrons. The van der Waals surface area contributed by atoms with Crippen LogP contribution in [0.5, 0.6) is 11.6 Å². The Balaban J connectivity index is 1.23. The number of allylic oxidation sites excluding steroid dienone is 1. The Kier molecular flexibility index (Phi) is 10.7. The molecule has 2 aromatic rings. The lowest BCUT2D eigenvalue weighted by molar-refractivity contribution is -0.142. The van der Waals surface area contributed by atoms with Gasteiger partial charge in [0, 0.05) is 41.9 Å². The summed E-state index contributed by atoms with van der Waals surface area (Å²) in [6.07, 6.45) is 8.04. The number of rotatable bonds is 6. The number of hydrogen-bond donors (Lipinski definition) is 4. The second kappa shape index (κ2) is 15.0. The van der Waals surface area contributed by atoms with Gasteiger partial charge in [-0.15, -0.1) is 0 Å². The van der Waals surface area contributed by atoms with Gasteiger partial charge in [-0.1, -0.05) is 26.0 Å². The van der Waals surface area contributed by atoms with Gasteiger partial charge in [-0.25, -0.2) is 18.2 Å². The first-order valence-corrected chi connectivity index (χ1v) is 21.7. The minimum atomic E-state index is -4.00. The van der Waals surface area contributed by atoms with Crippen molar-refractivity contribution in [3.8, 4) is 11.6 Å². The van der Waals surface area contributed by atoms with Gasteiger partial charge < -0.3 is 35.2 Å². The summed E-state index contributed by atoms with van der Waals surface area (Å²) >= 11 is 0. The van der Waals surface area contributed by atoms with Crippen molar-refractivity contribution >= 4 is 50.2 Å². The molecule has 3 aliphatic heterocycles. The van der Waals surface area contributed by atoms with Crippen molar-refractivity contribution < 1.29 is 37.1 Å². The number of nitrogens with one attached hydrogen (secondary N) is 4. The number of aromatic nitrogens is 1. The van der Waals surface area contributed by atoms with E-state index in [1.54, 1.807) is 13.1 Å². The first-order chi connectivity index (χ1) is 26.8. The number of sulfonamides is 1. The van der Waals surface area contributed by atoms with Gasteiger partial charge in [0.25, 0.3) is 5.91 Å². The summed E-state index contributed by atoms with van der Waals surface area (Å²) in [6.45, 7) is 12.4. The molecule has 1 aromatic heterocycles. The first-order valence-electron chi connectivity index (χ1n) is 20.2. The smallest absolute Gasteiger partial charge is 0.315 e. The van der Waals surface area contributed by atoms with E-state index in [-0.39, 0.29) is 31.2 Å². The van der Waals surface area contributed by atoms with Gasteiger partial charge in [-0.05, 0) is 96.3 Å². The fourth-order valence-electron chi connectivity index (χ4n) is 8.41. The molecule has 0 bridgehead atoms. The lowest BCUT2D eigenvalue weighted by atomic mass is 9.88. The zero-order valence-corrected chi connectivity index (χ0v) is 34.8. The fraction of sp³-hybridized carbons (Fsp3) is 0.634. The minimum Gasteiger partial charge on any atom is -0.489 e. The Bertz CT molecular complexity index is 2080. The highest BCUT2D eigenvalue weighted by Gasteiger charge is 2.63. The van der Waals surface area contributed by atoms with E-state index in [0.29, 0.717) is 43.6 Å². The first kappa shape index (κ1) is 40.6. The average molecular weight is 808 g/mol. The highest BCUT2D eigenvalue weighted by Crippen LogP contribution is 2.48. The minimum absolute atomic E-state index is 0.00420. The number of nitrogens with zero attached hydrogens (tertiary/aromatic N) is 3. The molecular weight excluding hydrogens is 751 g/mol. The van der Waals surface area contributed by atoms with Gasteiger partial charge in [-0.2, -0.15) is 0 Å². The van der Waals surface area contributed by atoms with Gasteiger partial charge in [0.15, 0.2) is 5.75 Å². The molecule has 5 amide bonds. The molecule has 5 aliphatic rings. The van der Waals surface area contributed by atoms with E-state index in [1.807, 2.05) is 65.1 Å². The number of likely N-dealkylation sites (N-methyl/N-ethyl adjacent to an activating group) is 1. The summed E-state index contributed by atoms with van der Waals surface area (Å²) < 4.78 is 40.4. The molecule has 2 saturated carbocycles. The number of amides is 5. The van der Waals surface area contributed by atoms with Crippen molar-refractivity contribution in [3.05, 3.63) is 36.5 Å². The Hall–Kier alpha value is -4.60. The molecule has 1 saturated heterocycles. The van der Waals surface area contributed by atoms with Crippen molar-refractivity contribution in [1.82, 2.24) is 30.6 Å². The van der Waals surface area contributed by atoms with Crippen molar-refractivity contribution in [1.29, 1.82) is 0 Å². The van der Waals surface area contributed by atoms with E-state index in [0.717, 1.165) is 29.8 Å². The summed E-state index contributed by atoms with van der Waals surface area (Å²) in [5.41, 5.74) is -1.15. The quantitative estimate of drug-likeness (QED) is 0.313. The van der Waals surface area contributed by atoms with Gasteiger partial charge in [0.05, 0.1) is 23.5 Å². The largest absolute Gasteiger partial charge is 0.489 e. The van der Waals surface area contributed by atoms with Crippen LogP contribution in [0.25, 0.3) is 10.8 Å². The van der Waals surface area contributed by atoms with Crippen LogP contribution < -0.4 is 35.0 Å². The van der Waals surface area contributed by atoms with Crippen LogP contribution >= 0.6 is 0 Å². The second-order valence-corrected chi connectivity index (χ2v) is 20.4. The van der Waals surface area contributed by atoms with Gasteiger partial charge in [0.1, 0.15) is 30.3 Å². The van der Waals surface area contributed by atoms with E-state index in [1.165, 1.54) is 4.90 Å². The molecule has 57 heavy (non-hydrogen) atoms. The van der Waals surface area contributed by atoms with Crippen molar-refractivity contribution in [2.75, 3.05) is 31.6 Å². The van der Waals surface area contributed by atoms with Crippen LogP contribution in [-0.2, 0) is 24.4 Å². The maximum atomic E-state index is 14.9. The van der Waals surface area contributed by atoms with E-state index in [9.17, 15) is 27.6 Å². The third kappa shape index (κ3) is 8.24. The molecule has 1 aromatic carbocycles. The zero-order chi connectivity index (χ0) is 41.1. The number of ether oxygens (including phenoxy) is 2. The summed E-state index contributed by atoms with van der Waals surface area (Å²) in [7, 11) is -1.99. The molecule has 7 rings (SSSR count). The number of benzene rings is 1. The molecule has 4 N–H and O–H groups in total. The maximum absolute atomic E-state index is 14.9. The Morgan fingerprint density at radius 3 is 2.56 bits per heavy atom. The topological polar surface area (TPSA) is 188 Å². The number of carbonyl (C=O) groups excluding carboxylic acids is 4. The molecule has 16 heteroatoms. The molecule has 2 aliphatic carbocycles. The van der Waals surface area contributed by atoms with Crippen molar-refractivity contribution in [2.45, 2.75) is 121 Å². The maximum Gasteiger partial charge on any atom is 0.315 e. The third-order valence-corrected chi connectivity index (χ3v) is 14.4. The number of anilines is 1. The average Bonchev–Trinajstić information content (AvgIpc) is 4.01. The fourth-order valence-corrected chi connectivity index (χ4v) is 9.73. The van der Waals surface area contributed by atoms with Gasteiger partial charge in [-0.3, -0.25) is 19.1 Å². The van der Waals surface area contributed by atoms with Crippen LogP contribution in [0.3, 0.4) is 0 Å².